The summed E-state index contributed by atoms with van der Waals surface area (Å²) in [5.41, 5.74) is 0. The quantitative estimate of drug-likeness (QED) is 0.698. The van der Waals surface area contributed by atoms with Gasteiger partial charge in [0.15, 0.2) is 0 Å². The van der Waals surface area contributed by atoms with Crippen molar-refractivity contribution in [2.75, 3.05) is 33.1 Å². The zero-order valence-electron chi connectivity index (χ0n) is 14.4. The summed E-state index contributed by atoms with van der Waals surface area (Å²) in [6.45, 7) is 3.28. The van der Waals surface area contributed by atoms with Crippen molar-refractivity contribution in [2.24, 2.45) is 5.92 Å². The van der Waals surface area contributed by atoms with E-state index in [0.29, 0.717) is 26.2 Å². The highest BCUT2D eigenvalue weighted by molar-refractivity contribution is 7.89. The Morgan fingerprint density at radius 2 is 2.21 bits per heavy atom. The van der Waals surface area contributed by atoms with Crippen molar-refractivity contribution in [1.82, 2.24) is 19.2 Å². The van der Waals surface area contributed by atoms with Crippen LogP contribution in [0.3, 0.4) is 0 Å². The van der Waals surface area contributed by atoms with Crippen molar-refractivity contribution in [2.45, 2.75) is 32.4 Å². The van der Waals surface area contributed by atoms with Gasteiger partial charge in [0.2, 0.25) is 15.9 Å². The largest absolute Gasteiger partial charge is 0.379 e. The summed E-state index contributed by atoms with van der Waals surface area (Å²) in [5, 5.41) is 2.91. The van der Waals surface area contributed by atoms with E-state index in [0.717, 1.165) is 12.2 Å². The van der Waals surface area contributed by atoms with Gasteiger partial charge in [0.1, 0.15) is 5.82 Å². The Kier molecular flexibility index (Phi) is 6.36. The van der Waals surface area contributed by atoms with E-state index in [4.69, 9.17) is 4.74 Å². The predicted molar refractivity (Wildman–Crippen MR) is 89.9 cm³/mol. The van der Waals surface area contributed by atoms with Crippen LogP contribution in [0.1, 0.15) is 19.2 Å². The van der Waals surface area contributed by atoms with Crippen molar-refractivity contribution in [1.29, 1.82) is 0 Å². The number of imidazole rings is 1. The van der Waals surface area contributed by atoms with Crippen molar-refractivity contribution >= 4 is 15.9 Å². The number of hydrogen-bond donors (Lipinski definition) is 1. The van der Waals surface area contributed by atoms with Gasteiger partial charge in [-0.15, -0.1) is 0 Å². The van der Waals surface area contributed by atoms with Crippen LogP contribution in [-0.4, -0.2) is 67.3 Å². The molecule has 1 saturated heterocycles. The van der Waals surface area contributed by atoms with E-state index in [9.17, 15) is 13.2 Å². The molecule has 0 aliphatic carbocycles. The third kappa shape index (κ3) is 4.78. The number of ether oxygens (including phenoxy) is 1. The average Bonchev–Trinajstić information content (AvgIpc) is 3.14. The fourth-order valence-corrected chi connectivity index (χ4v) is 3.87. The Balaban J connectivity index is 1.86. The lowest BCUT2D eigenvalue weighted by atomic mass is 10.1. The third-order valence-electron chi connectivity index (χ3n) is 4.22. The van der Waals surface area contributed by atoms with Gasteiger partial charge in [-0.05, 0) is 0 Å². The van der Waals surface area contributed by atoms with Crippen LogP contribution in [0, 0.1) is 5.92 Å². The van der Waals surface area contributed by atoms with E-state index in [1.807, 2.05) is 17.7 Å². The fourth-order valence-electron chi connectivity index (χ4n) is 2.70. The number of aromatic nitrogens is 2. The minimum absolute atomic E-state index is 0.0214. The zero-order valence-corrected chi connectivity index (χ0v) is 15.3. The van der Waals surface area contributed by atoms with Crippen LogP contribution >= 0.6 is 0 Å². The summed E-state index contributed by atoms with van der Waals surface area (Å²) < 4.78 is 32.6. The minimum atomic E-state index is -3.32. The average molecular weight is 358 g/mol. The van der Waals surface area contributed by atoms with Gasteiger partial charge in [-0.2, -0.15) is 0 Å². The Morgan fingerprint density at radius 1 is 1.46 bits per heavy atom. The Hall–Kier alpha value is -1.45. The van der Waals surface area contributed by atoms with Crippen LogP contribution in [0.15, 0.2) is 12.4 Å². The summed E-state index contributed by atoms with van der Waals surface area (Å²) in [6.07, 6.45) is 4.73. The van der Waals surface area contributed by atoms with E-state index >= 15 is 0 Å². The second-order valence-corrected chi connectivity index (χ2v) is 8.40. The Labute approximate surface area is 143 Å². The van der Waals surface area contributed by atoms with Gasteiger partial charge in [-0.3, -0.25) is 4.79 Å². The zero-order chi connectivity index (χ0) is 17.7. The second kappa shape index (κ2) is 8.09. The molecule has 136 valence electrons. The highest BCUT2D eigenvalue weighted by Gasteiger charge is 2.34. The van der Waals surface area contributed by atoms with Crippen molar-refractivity contribution in [3.05, 3.63) is 18.2 Å². The monoisotopic (exact) mass is 358 g/mol. The molecule has 8 nitrogen and oxygen atoms in total. The topological polar surface area (TPSA) is 93.5 Å². The van der Waals surface area contributed by atoms with E-state index in [-0.39, 0.29) is 23.6 Å². The van der Waals surface area contributed by atoms with Crippen LogP contribution in [0.2, 0.25) is 0 Å². The van der Waals surface area contributed by atoms with Crippen LogP contribution < -0.4 is 5.32 Å². The number of nitrogens with one attached hydrogen (secondary N) is 1. The summed E-state index contributed by atoms with van der Waals surface area (Å²) >= 11 is 0. The molecular weight excluding hydrogens is 332 g/mol. The molecule has 2 rings (SSSR count). The maximum absolute atomic E-state index is 12.2. The molecule has 1 amide bonds. The standard InChI is InChI=1S/C15H26N4O4S/c1-4-14-16-6-8-19(14)7-5-15(20)17-13-10-23-9-12(13)11-24(21,22)18(2)3/h6,8,12-13H,4-5,7,9-11H2,1-3H3,(H,17,20)/t12-,13-/m0/s1. The number of hydrogen-bond acceptors (Lipinski definition) is 5. The van der Waals surface area contributed by atoms with Crippen molar-refractivity contribution < 1.29 is 17.9 Å². The lowest BCUT2D eigenvalue weighted by molar-refractivity contribution is -0.122. The van der Waals surface area contributed by atoms with Crippen LogP contribution in [-0.2, 0) is 32.5 Å². The molecule has 0 saturated carbocycles. The lowest BCUT2D eigenvalue weighted by Crippen LogP contribution is -2.43. The fraction of sp³-hybridized carbons (Fsp3) is 0.733. The molecule has 0 unspecified atom stereocenters. The second-order valence-electron chi connectivity index (χ2n) is 6.17. The number of aryl methyl sites for hydroxylation is 2. The van der Waals surface area contributed by atoms with Crippen LogP contribution in [0.25, 0.3) is 0 Å². The van der Waals surface area contributed by atoms with E-state index in [2.05, 4.69) is 10.3 Å². The third-order valence-corrected chi connectivity index (χ3v) is 6.19. The number of nitrogens with zero attached hydrogens (tertiary/aromatic N) is 3. The molecule has 1 aromatic rings. The molecule has 1 aromatic heterocycles. The van der Waals surface area contributed by atoms with Crippen LogP contribution in [0.5, 0.6) is 0 Å². The molecule has 24 heavy (non-hydrogen) atoms. The SMILES string of the molecule is CCc1nccn1CCC(=O)N[C@H]1COC[C@H]1CS(=O)(=O)N(C)C. The number of carbonyl (C=O) groups excluding carboxylic acids is 1. The summed E-state index contributed by atoms with van der Waals surface area (Å²) in [7, 11) is -0.299. The molecule has 1 N–H and O–H groups in total. The molecule has 0 radical (unpaired) electrons. The number of carbonyl (C=O) groups is 1. The van der Waals surface area contributed by atoms with E-state index in [1.54, 1.807) is 6.20 Å². The predicted octanol–water partition coefficient (Wildman–Crippen LogP) is -0.142. The van der Waals surface area contributed by atoms with Gasteiger partial charge in [0.25, 0.3) is 0 Å². The molecule has 2 heterocycles. The van der Waals surface area contributed by atoms with E-state index < -0.39 is 10.0 Å². The lowest BCUT2D eigenvalue weighted by Gasteiger charge is -2.21. The highest BCUT2D eigenvalue weighted by Crippen LogP contribution is 2.17. The van der Waals surface area contributed by atoms with Gasteiger partial charge < -0.3 is 14.6 Å². The smallest absolute Gasteiger partial charge is 0.222 e. The number of amides is 1. The molecular formula is C15H26N4O4S. The van der Waals surface area contributed by atoms with Gasteiger partial charge in [0.05, 0.1) is 25.0 Å². The molecule has 0 aromatic carbocycles. The van der Waals surface area contributed by atoms with Gasteiger partial charge in [-0.1, -0.05) is 6.92 Å². The normalized spacial score (nSPS) is 21.3. The minimum Gasteiger partial charge on any atom is -0.379 e. The molecule has 9 heteroatoms. The number of sulfonamides is 1. The highest BCUT2D eigenvalue weighted by atomic mass is 32.2. The van der Waals surface area contributed by atoms with Crippen molar-refractivity contribution in [3.63, 3.8) is 0 Å². The van der Waals surface area contributed by atoms with Crippen LogP contribution in [0.4, 0.5) is 0 Å². The first-order valence-electron chi connectivity index (χ1n) is 8.10. The van der Waals surface area contributed by atoms with Crippen molar-refractivity contribution in [3.8, 4) is 0 Å². The first kappa shape index (κ1) is 18.9. The summed E-state index contributed by atoms with van der Waals surface area (Å²) in [5.74, 6) is 0.600. The van der Waals surface area contributed by atoms with Gasteiger partial charge in [-0.25, -0.2) is 17.7 Å². The first-order valence-corrected chi connectivity index (χ1v) is 9.71. The maximum Gasteiger partial charge on any atom is 0.222 e. The molecule has 0 spiro atoms. The summed E-state index contributed by atoms with van der Waals surface area (Å²) in [4.78, 5) is 16.4. The van der Waals surface area contributed by atoms with Gasteiger partial charge in [0, 0.05) is 51.8 Å². The molecule has 2 atom stereocenters. The molecule has 0 bridgehead atoms. The summed E-state index contributed by atoms with van der Waals surface area (Å²) in [6, 6.07) is -0.263. The maximum atomic E-state index is 12.2. The number of rotatable bonds is 8. The molecule has 1 fully saturated rings. The Bertz CT molecular complexity index is 656. The molecule has 1 aliphatic rings. The first-order chi connectivity index (χ1) is 11.3. The van der Waals surface area contributed by atoms with Gasteiger partial charge >= 0.3 is 0 Å². The van der Waals surface area contributed by atoms with E-state index in [1.165, 1.54) is 18.4 Å². The Morgan fingerprint density at radius 3 is 2.88 bits per heavy atom. The molecule has 1 aliphatic heterocycles.